The van der Waals surface area contributed by atoms with Crippen LogP contribution in [0.25, 0.3) is 6.08 Å². The zero-order chi connectivity index (χ0) is 21.9. The quantitative estimate of drug-likeness (QED) is 0.354. The smallest absolute Gasteiger partial charge is 0.465 e. The molecule has 1 aliphatic rings. The number of methoxy groups -OCH3 is 1. The van der Waals surface area contributed by atoms with Gasteiger partial charge in [-0.05, 0) is 70.8 Å². The van der Waals surface area contributed by atoms with Gasteiger partial charge in [0.05, 0.1) is 37.1 Å². The van der Waals surface area contributed by atoms with E-state index in [2.05, 4.69) is 0 Å². The van der Waals surface area contributed by atoms with Gasteiger partial charge in [0.2, 0.25) is 0 Å². The van der Waals surface area contributed by atoms with Gasteiger partial charge in [0.1, 0.15) is 0 Å². The van der Waals surface area contributed by atoms with Crippen molar-refractivity contribution in [3.8, 4) is 0 Å². The van der Waals surface area contributed by atoms with E-state index in [1.807, 2.05) is 33.8 Å². The molecule has 0 aliphatic carbocycles. The average Bonchev–Trinajstić information content (AvgIpc) is 2.87. The lowest BCUT2D eigenvalue weighted by molar-refractivity contribution is 0.00578. The summed E-state index contributed by atoms with van der Waals surface area (Å²) >= 11 is 0. The fourth-order valence-corrected chi connectivity index (χ4v) is 4.11. The molecule has 0 atom stereocenters. The lowest BCUT2D eigenvalue weighted by Crippen LogP contribution is -2.41. The van der Waals surface area contributed by atoms with Gasteiger partial charge in [-0.2, -0.15) is 0 Å². The van der Waals surface area contributed by atoms with Gasteiger partial charge in [0, 0.05) is 5.82 Å². The largest absolute Gasteiger partial charge is 0.494 e. The molecule has 0 unspecified atom stereocenters. The van der Waals surface area contributed by atoms with E-state index in [1.54, 1.807) is 32.1 Å². The van der Waals surface area contributed by atoms with Crippen LogP contribution in [0.3, 0.4) is 0 Å². The molecule has 29 heavy (non-hydrogen) atoms. The molecule has 0 saturated carbocycles. The second kappa shape index (κ2) is 9.15. The van der Waals surface area contributed by atoms with Gasteiger partial charge in [-0.1, -0.05) is 6.07 Å². The number of hydrogen-bond donors (Lipinski definition) is 0. The molecule has 1 fully saturated rings. The van der Waals surface area contributed by atoms with E-state index in [-0.39, 0.29) is 13.2 Å². The third kappa shape index (κ3) is 5.59. The molecule has 2 rings (SSSR count). The van der Waals surface area contributed by atoms with E-state index in [9.17, 15) is 9.36 Å². The molecule has 0 aromatic heterocycles. The van der Waals surface area contributed by atoms with Crippen molar-refractivity contribution in [3.63, 3.8) is 0 Å². The highest BCUT2D eigenvalue weighted by atomic mass is 31.2. The van der Waals surface area contributed by atoms with Gasteiger partial charge in [-0.3, -0.25) is 4.57 Å². The minimum absolute atomic E-state index is 0.253. The first-order valence-electron chi connectivity index (χ1n) is 9.64. The van der Waals surface area contributed by atoms with Crippen LogP contribution in [0.15, 0.2) is 24.0 Å². The van der Waals surface area contributed by atoms with Crippen LogP contribution in [-0.4, -0.2) is 44.6 Å². The Morgan fingerprint density at radius 2 is 1.62 bits per heavy atom. The zero-order valence-electron chi connectivity index (χ0n) is 18.2. The summed E-state index contributed by atoms with van der Waals surface area (Å²) in [6, 6.07) is 5.13. The summed E-state index contributed by atoms with van der Waals surface area (Å²) in [5.41, 5.74) is 0.580. The summed E-state index contributed by atoms with van der Waals surface area (Å²) in [7, 11) is -2.71. The predicted octanol–water partition coefficient (Wildman–Crippen LogP) is 4.01. The minimum atomic E-state index is -3.37. The van der Waals surface area contributed by atoms with E-state index in [0.717, 1.165) is 0 Å². The fraction of sp³-hybridized carbons (Fsp3) is 0.550. The van der Waals surface area contributed by atoms with Crippen LogP contribution in [0.4, 0.5) is 0 Å². The fourth-order valence-electron chi connectivity index (χ4n) is 2.78. The molecular formula is C20H30BO7P. The molecule has 0 spiro atoms. The molecule has 0 bridgehead atoms. The molecule has 0 radical (unpaired) electrons. The van der Waals surface area contributed by atoms with Crippen LogP contribution in [0.1, 0.15) is 57.5 Å². The Morgan fingerprint density at radius 3 is 2.10 bits per heavy atom. The summed E-state index contributed by atoms with van der Waals surface area (Å²) in [4.78, 5) is 12.2. The third-order valence-electron chi connectivity index (χ3n) is 4.99. The third-order valence-corrected chi connectivity index (χ3v) is 6.74. The highest BCUT2D eigenvalue weighted by Gasteiger charge is 2.51. The predicted molar refractivity (Wildman–Crippen MR) is 113 cm³/mol. The molecule has 9 heteroatoms. The Kier molecular flexibility index (Phi) is 7.52. The summed E-state index contributed by atoms with van der Waals surface area (Å²) < 4.78 is 40.3. The summed E-state index contributed by atoms with van der Waals surface area (Å²) in [5.74, 6) is 0.903. The van der Waals surface area contributed by atoms with Crippen LogP contribution in [-0.2, 0) is 27.7 Å². The molecule has 1 heterocycles. The second-order valence-corrected chi connectivity index (χ2v) is 9.55. The van der Waals surface area contributed by atoms with E-state index >= 15 is 0 Å². The molecular weight excluding hydrogens is 394 g/mol. The normalized spacial score (nSPS) is 18.4. The minimum Gasteiger partial charge on any atom is -0.465 e. The standard InChI is InChI=1S/C20H30BO7P/c1-8-25-29(23,26-9-2)11-10-15-12-16(18(22)24-7)14-17(13-15)21-27-19(3,4)20(5,6)28-21/h10-14H,8-9H2,1-7H3. The van der Waals surface area contributed by atoms with Gasteiger partial charge in [0.25, 0.3) is 0 Å². The van der Waals surface area contributed by atoms with Crippen molar-refractivity contribution in [1.82, 2.24) is 0 Å². The van der Waals surface area contributed by atoms with Crippen molar-refractivity contribution < 1.29 is 32.5 Å². The first kappa shape index (κ1) is 23.8. The number of esters is 1. The molecule has 0 amide bonds. The maximum atomic E-state index is 12.7. The van der Waals surface area contributed by atoms with Gasteiger partial charge in [-0.15, -0.1) is 0 Å². The van der Waals surface area contributed by atoms with Crippen molar-refractivity contribution in [2.75, 3.05) is 20.3 Å². The van der Waals surface area contributed by atoms with E-state index in [1.165, 1.54) is 12.9 Å². The van der Waals surface area contributed by atoms with E-state index < -0.39 is 31.9 Å². The van der Waals surface area contributed by atoms with Gasteiger partial charge in [-0.25, -0.2) is 4.79 Å². The Balaban J connectivity index is 2.44. The number of hydrogen-bond acceptors (Lipinski definition) is 7. The molecule has 0 N–H and O–H groups in total. The topological polar surface area (TPSA) is 80.3 Å². The van der Waals surface area contributed by atoms with Crippen molar-refractivity contribution in [3.05, 3.63) is 35.1 Å². The average molecular weight is 424 g/mol. The highest BCUT2D eigenvalue weighted by Crippen LogP contribution is 2.50. The summed E-state index contributed by atoms with van der Waals surface area (Å²) in [5, 5.41) is 0. The lowest BCUT2D eigenvalue weighted by atomic mass is 9.77. The molecule has 7 nitrogen and oxygen atoms in total. The van der Waals surface area contributed by atoms with Crippen LogP contribution in [0.2, 0.25) is 0 Å². The SMILES string of the molecule is CCOP(=O)(C=Cc1cc(B2OC(C)(C)C(C)(C)O2)cc(C(=O)OC)c1)OCC. The van der Waals surface area contributed by atoms with Crippen molar-refractivity contribution in [2.24, 2.45) is 0 Å². The van der Waals surface area contributed by atoms with Crippen LogP contribution in [0.5, 0.6) is 0 Å². The van der Waals surface area contributed by atoms with Crippen molar-refractivity contribution in [1.29, 1.82) is 0 Å². The monoisotopic (exact) mass is 424 g/mol. The van der Waals surface area contributed by atoms with Gasteiger partial charge >= 0.3 is 20.7 Å². The van der Waals surface area contributed by atoms with E-state index in [0.29, 0.717) is 16.6 Å². The van der Waals surface area contributed by atoms with Crippen LogP contribution in [0, 0.1) is 0 Å². The van der Waals surface area contributed by atoms with Crippen LogP contribution >= 0.6 is 7.60 Å². The number of ether oxygens (including phenoxy) is 1. The molecule has 1 aliphatic heterocycles. The Hall–Kier alpha value is -1.44. The number of carbonyl (C=O) groups is 1. The molecule has 1 aromatic rings. The molecule has 160 valence electrons. The number of benzene rings is 1. The summed E-state index contributed by atoms with van der Waals surface area (Å²) in [6.45, 7) is 11.8. The number of rotatable bonds is 8. The molecule has 1 aromatic carbocycles. The van der Waals surface area contributed by atoms with Crippen molar-refractivity contribution >= 4 is 32.2 Å². The first-order chi connectivity index (χ1) is 13.5. The Morgan fingerprint density at radius 1 is 1.07 bits per heavy atom. The van der Waals surface area contributed by atoms with Gasteiger partial charge < -0.3 is 23.1 Å². The van der Waals surface area contributed by atoms with Crippen molar-refractivity contribution in [2.45, 2.75) is 52.7 Å². The highest BCUT2D eigenvalue weighted by molar-refractivity contribution is 7.57. The summed E-state index contributed by atoms with van der Waals surface area (Å²) in [6.07, 6.45) is 1.60. The van der Waals surface area contributed by atoms with Crippen LogP contribution < -0.4 is 5.46 Å². The van der Waals surface area contributed by atoms with E-state index in [4.69, 9.17) is 23.1 Å². The Labute approximate surface area is 173 Å². The van der Waals surface area contributed by atoms with Gasteiger partial charge in [0.15, 0.2) is 0 Å². The lowest BCUT2D eigenvalue weighted by Gasteiger charge is -2.32. The maximum Gasteiger partial charge on any atom is 0.494 e. The zero-order valence-corrected chi connectivity index (χ0v) is 19.1. The Bertz CT molecular complexity index is 793. The first-order valence-corrected chi connectivity index (χ1v) is 11.2. The maximum absolute atomic E-state index is 12.7. The number of carbonyl (C=O) groups excluding carboxylic acids is 1. The second-order valence-electron chi connectivity index (χ2n) is 7.66. The molecule has 1 saturated heterocycles.